The molecule has 6 aromatic carbocycles. The molecule has 3 saturated heterocycles. The van der Waals surface area contributed by atoms with Crippen molar-refractivity contribution in [1.29, 1.82) is 0 Å². The van der Waals surface area contributed by atoms with Crippen molar-refractivity contribution in [2.75, 3.05) is 59.2 Å². The number of esters is 1. The van der Waals surface area contributed by atoms with Crippen LogP contribution in [0.15, 0.2) is 182 Å². The molecule has 13 rings (SSSR count). The highest BCUT2D eigenvalue weighted by Gasteiger charge is 2.56. The summed E-state index contributed by atoms with van der Waals surface area (Å²) in [5.41, 5.74) is 5.97. The van der Waals surface area contributed by atoms with Gasteiger partial charge >= 0.3 is 30.5 Å². The third-order valence-electron chi connectivity index (χ3n) is 19.7. The molecule has 0 unspecified atom stereocenters. The van der Waals surface area contributed by atoms with Crippen molar-refractivity contribution in [2.24, 2.45) is 21.7 Å². The van der Waals surface area contributed by atoms with Crippen LogP contribution in [0, 0.1) is 21.7 Å². The molecule has 7 aliphatic rings. The van der Waals surface area contributed by atoms with Gasteiger partial charge in [0.1, 0.15) is 16.8 Å². The minimum Gasteiger partial charge on any atom is -0.466 e. The van der Waals surface area contributed by atoms with E-state index in [1.807, 2.05) is 101 Å². The second kappa shape index (κ2) is 42.2. The second-order valence-electron chi connectivity index (χ2n) is 32.4. The van der Waals surface area contributed by atoms with Crippen molar-refractivity contribution < 1.29 is 86.3 Å². The number of benzene rings is 6. The second-order valence-corrected chi connectivity index (χ2v) is 32.4. The number of amides is 1. The molecule has 588 valence electrons. The monoisotopic (exact) mass is 1490 g/mol. The number of ether oxygens (including phenoxy) is 10. The lowest BCUT2D eigenvalue weighted by atomic mass is 9.61. The van der Waals surface area contributed by atoms with Crippen LogP contribution in [-0.2, 0) is 88.2 Å². The predicted molar refractivity (Wildman–Crippen MR) is 411 cm³/mol. The van der Waals surface area contributed by atoms with Crippen molar-refractivity contribution in [3.63, 3.8) is 0 Å². The Bertz CT molecular complexity index is 3510. The van der Waals surface area contributed by atoms with Gasteiger partial charge in [0.15, 0.2) is 0 Å². The molecule has 108 heavy (non-hydrogen) atoms. The molecule has 6 aromatic rings. The van der Waals surface area contributed by atoms with Gasteiger partial charge in [-0.1, -0.05) is 189 Å². The first-order valence-electron chi connectivity index (χ1n) is 38.1. The van der Waals surface area contributed by atoms with Crippen molar-refractivity contribution in [3.05, 3.63) is 215 Å². The molecule has 2 spiro atoms. The van der Waals surface area contributed by atoms with Crippen LogP contribution in [0.25, 0.3) is 0 Å². The number of carbonyl (C=O) groups excluding carboxylic acids is 6. The Labute approximate surface area is 640 Å². The number of likely N-dealkylation sites (tertiary alicyclic amines) is 2. The van der Waals surface area contributed by atoms with Crippen LogP contribution in [-0.4, -0.2) is 151 Å². The number of aliphatic hydroxyl groups is 2. The Morgan fingerprint density at radius 1 is 0.463 bits per heavy atom. The number of hydrogen-bond donors (Lipinski definition) is 2. The van der Waals surface area contributed by atoms with E-state index in [9.17, 15) is 19.2 Å². The topological polar surface area (TPSA) is 242 Å². The summed E-state index contributed by atoms with van der Waals surface area (Å²) < 4.78 is 52.9. The smallest absolute Gasteiger partial charge is 0.466 e. The number of carbonyl (C=O) groups is 4. The molecule has 0 atom stereocenters. The van der Waals surface area contributed by atoms with Crippen LogP contribution in [0.2, 0.25) is 0 Å². The number of aliphatic hydroxyl groups excluding tert-OH is 2. The van der Waals surface area contributed by atoms with Crippen LogP contribution in [0.5, 0.6) is 0 Å². The van der Waals surface area contributed by atoms with Crippen LogP contribution in [0.3, 0.4) is 0 Å². The highest BCUT2D eigenvalue weighted by Crippen LogP contribution is 2.54. The molecule has 4 saturated carbocycles. The fraction of sp³-hybridized carbons (Fsp3) is 0.534. The van der Waals surface area contributed by atoms with E-state index in [0.29, 0.717) is 50.1 Å². The van der Waals surface area contributed by atoms with E-state index in [1.165, 1.54) is 66.6 Å². The molecular formula is C88H118N2O18. The Kier molecular flexibility index (Phi) is 34.0. The summed E-state index contributed by atoms with van der Waals surface area (Å²) >= 11 is 0. The van der Waals surface area contributed by atoms with Gasteiger partial charge in [0, 0.05) is 55.6 Å². The van der Waals surface area contributed by atoms with E-state index < -0.39 is 29.1 Å². The quantitative estimate of drug-likeness (QED) is 0.0410. The van der Waals surface area contributed by atoms with E-state index in [2.05, 4.69) is 125 Å². The molecule has 0 aromatic heterocycles. The predicted octanol–water partition coefficient (Wildman–Crippen LogP) is 16.8. The maximum absolute atomic E-state index is 11.9. The summed E-state index contributed by atoms with van der Waals surface area (Å²) in [5.74, 6) is -0.0583. The summed E-state index contributed by atoms with van der Waals surface area (Å²) in [4.78, 5) is 66.6. The Hall–Kier alpha value is -8.14. The van der Waals surface area contributed by atoms with E-state index in [-0.39, 0.29) is 59.9 Å². The zero-order valence-corrected chi connectivity index (χ0v) is 65.5. The van der Waals surface area contributed by atoms with Gasteiger partial charge in [0.25, 0.3) is 0 Å². The Morgan fingerprint density at radius 2 is 0.778 bits per heavy atom. The van der Waals surface area contributed by atoms with Crippen molar-refractivity contribution in [3.8, 4) is 0 Å². The van der Waals surface area contributed by atoms with Crippen molar-refractivity contribution >= 4 is 30.5 Å². The average Bonchev–Trinajstić information content (AvgIpc) is 0.741. The zero-order valence-electron chi connectivity index (χ0n) is 65.5. The summed E-state index contributed by atoms with van der Waals surface area (Å²) in [7, 11) is 0. The van der Waals surface area contributed by atoms with Gasteiger partial charge in [-0.3, -0.25) is 9.69 Å². The molecule has 7 fully saturated rings. The minimum absolute atomic E-state index is 0.0503. The number of nitrogens with zero attached hydrogens (tertiary/aromatic N) is 2. The highest BCUT2D eigenvalue weighted by molar-refractivity contribution is 5.78. The molecule has 0 radical (unpaired) electrons. The Morgan fingerprint density at radius 3 is 1.07 bits per heavy atom. The van der Waals surface area contributed by atoms with Gasteiger partial charge in [-0.05, 0) is 173 Å². The third kappa shape index (κ3) is 29.0. The lowest BCUT2D eigenvalue weighted by Gasteiger charge is -2.60. The normalized spacial score (nSPS) is 19.2. The molecule has 1 amide bonds. The molecule has 20 heteroatoms. The molecule has 4 aliphatic carbocycles. The van der Waals surface area contributed by atoms with Gasteiger partial charge in [-0.15, -0.1) is 0 Å². The Balaban J connectivity index is 0.000000186. The lowest BCUT2D eigenvalue weighted by molar-refractivity contribution is -0.191. The maximum atomic E-state index is 11.9. The molecule has 0 bridgehead atoms. The largest absolute Gasteiger partial charge is 0.519 e. The van der Waals surface area contributed by atoms with Gasteiger partial charge in [-0.25, -0.2) is 14.4 Å². The molecule has 20 nitrogen and oxygen atoms in total. The van der Waals surface area contributed by atoms with Crippen LogP contribution in [0.1, 0.15) is 186 Å². The fourth-order valence-corrected chi connectivity index (χ4v) is 14.1. The van der Waals surface area contributed by atoms with E-state index >= 15 is 0 Å². The van der Waals surface area contributed by atoms with Gasteiger partial charge < -0.3 is 62.5 Å². The van der Waals surface area contributed by atoms with Gasteiger partial charge in [0.05, 0.1) is 82.1 Å². The SMILES string of the molecule is C1CCOC1.CC(C)(C)OC(=O)N1CC2(CC(OCc3ccccc3)C2)C1.CC(C)(C)OC(=O)OC(=O)OC(C)(C)C.CCOC(=O)C1(CC)CC(OCc2ccccc2)C1.O=C=O.OCC1(CO)CC(OCc2ccccc2)C1.c1ccc(COC2CC3(C2)CN(C(c2ccccc2)c2ccccc2)C3)cc1. The summed E-state index contributed by atoms with van der Waals surface area (Å²) in [6.07, 6.45) is 10.1. The summed E-state index contributed by atoms with van der Waals surface area (Å²) in [6, 6.07) is 63.1. The standard InChI is InChI=1S/C26H27NO.C18H25NO3.C16H22O3.C13H18O3.C10H18O5.C4H8O.CO2/c1-4-10-21(11-5-1)18-28-24-16-26(17-24)19-27(20-26)25(22-12-6-2-7-13-22)23-14-8-3-9-15-23;1-17(2,3)22-16(20)19-12-18(13-19)9-15(10-18)21-11-14-7-5-4-6-8-14;1-3-16(15(17)18-4-2)10-14(11-16)19-12-13-8-6-5-7-9-13;14-9-13(10-15)6-12(7-13)16-8-11-4-2-1-3-5-11;1-9(2,3)14-7(11)13-8(12)15-10(4,5)6;1-2-4-5-3-1;2-1-3/h1-15,24-25H,16-20H2;4-8,15H,9-13H2,1-3H3;5-9,14H,3-4,10-12H2,1-2H3;1-5,12,14-15H,6-10H2;1-6H3;1-4H2;. The van der Waals surface area contributed by atoms with Crippen LogP contribution < -0.4 is 0 Å². The average molecular weight is 1490 g/mol. The minimum atomic E-state index is -1.06. The van der Waals surface area contributed by atoms with E-state index in [1.54, 1.807) is 46.4 Å². The van der Waals surface area contributed by atoms with Crippen molar-refractivity contribution in [1.82, 2.24) is 9.80 Å². The van der Waals surface area contributed by atoms with Crippen LogP contribution in [0.4, 0.5) is 14.4 Å². The lowest BCUT2D eigenvalue weighted by Crippen LogP contribution is -2.65. The molecular weight excluding hydrogens is 1370 g/mol. The van der Waals surface area contributed by atoms with E-state index in [4.69, 9.17) is 62.4 Å². The zero-order chi connectivity index (χ0) is 78.3. The first-order valence-corrected chi connectivity index (χ1v) is 38.1. The third-order valence-corrected chi connectivity index (χ3v) is 19.7. The molecule has 2 N–H and O–H groups in total. The fourth-order valence-electron chi connectivity index (χ4n) is 14.1. The highest BCUT2D eigenvalue weighted by atomic mass is 16.8. The molecule has 3 aliphatic heterocycles. The summed E-state index contributed by atoms with van der Waals surface area (Å²) in [6.45, 7) is 28.8. The maximum Gasteiger partial charge on any atom is 0.519 e. The van der Waals surface area contributed by atoms with Gasteiger partial charge in [-0.2, -0.15) is 9.59 Å². The first kappa shape index (κ1) is 87.1. The molecule has 3 heterocycles. The van der Waals surface area contributed by atoms with Crippen LogP contribution >= 0.6 is 0 Å². The summed E-state index contributed by atoms with van der Waals surface area (Å²) in [5, 5.41) is 18.2. The first-order chi connectivity index (χ1) is 51.6. The number of hydrogen-bond acceptors (Lipinski definition) is 19. The van der Waals surface area contributed by atoms with Gasteiger partial charge in [0.2, 0.25) is 0 Å². The van der Waals surface area contributed by atoms with E-state index in [0.717, 1.165) is 83.4 Å². The van der Waals surface area contributed by atoms with Crippen molar-refractivity contribution in [2.45, 2.75) is 220 Å². The number of rotatable bonds is 20.